The Kier molecular flexibility index (Phi) is 4.41. The normalized spacial score (nSPS) is 35.3. The molecule has 2 saturated carbocycles. The van der Waals surface area contributed by atoms with Gasteiger partial charge in [-0.15, -0.1) is 0 Å². The third-order valence-electron chi connectivity index (χ3n) is 6.33. The minimum absolute atomic E-state index is 0.00851. The Bertz CT molecular complexity index is 701. The molecule has 5 unspecified atom stereocenters. The lowest BCUT2D eigenvalue weighted by Crippen LogP contribution is -2.71. The Morgan fingerprint density at radius 1 is 1.23 bits per heavy atom. The molecular formula is C20H27F2N3O. The number of benzene rings is 1. The molecule has 0 bridgehead atoms. The summed E-state index contributed by atoms with van der Waals surface area (Å²) >= 11 is 0. The maximum Gasteiger partial charge on any atom is 0.191 e. The smallest absolute Gasteiger partial charge is 0.191 e. The fraction of sp³-hybridized carbons (Fsp3) is 0.650. The summed E-state index contributed by atoms with van der Waals surface area (Å²) in [6.45, 7) is 5.29. The molecule has 0 radical (unpaired) electrons. The predicted molar refractivity (Wildman–Crippen MR) is 97.2 cm³/mol. The number of hydrogen-bond donors (Lipinski definition) is 2. The van der Waals surface area contributed by atoms with Gasteiger partial charge < -0.3 is 15.4 Å². The number of guanidine groups is 1. The van der Waals surface area contributed by atoms with Crippen molar-refractivity contribution in [1.82, 2.24) is 10.6 Å². The lowest BCUT2D eigenvalue weighted by molar-refractivity contribution is -0.188. The van der Waals surface area contributed by atoms with Crippen molar-refractivity contribution < 1.29 is 13.5 Å². The molecular weight excluding hydrogens is 336 g/mol. The van der Waals surface area contributed by atoms with Crippen LogP contribution >= 0.6 is 0 Å². The number of fused-ring (bicyclic) bond motifs is 1. The third kappa shape index (κ3) is 2.88. The molecule has 6 heteroatoms. The van der Waals surface area contributed by atoms with Crippen LogP contribution in [0, 0.1) is 23.0 Å². The Morgan fingerprint density at radius 3 is 2.65 bits per heavy atom. The average molecular weight is 363 g/mol. The summed E-state index contributed by atoms with van der Waals surface area (Å²) in [6, 6.07) is 4.35. The number of hydrogen-bond acceptors (Lipinski definition) is 2. The van der Waals surface area contributed by atoms with Crippen molar-refractivity contribution in [2.75, 3.05) is 13.7 Å². The highest BCUT2D eigenvalue weighted by Crippen LogP contribution is 2.51. The predicted octanol–water partition coefficient (Wildman–Crippen LogP) is 3.19. The quantitative estimate of drug-likeness (QED) is 0.640. The maximum atomic E-state index is 14.0. The summed E-state index contributed by atoms with van der Waals surface area (Å²) in [5.74, 6) is 0.122. The van der Waals surface area contributed by atoms with Gasteiger partial charge in [-0.25, -0.2) is 8.78 Å². The fourth-order valence-corrected chi connectivity index (χ4v) is 4.85. The molecule has 1 saturated heterocycles. The van der Waals surface area contributed by atoms with Crippen molar-refractivity contribution in [3.8, 4) is 0 Å². The van der Waals surface area contributed by atoms with E-state index in [0.29, 0.717) is 30.4 Å². The second-order valence-electron chi connectivity index (χ2n) is 8.34. The van der Waals surface area contributed by atoms with Gasteiger partial charge in [-0.3, -0.25) is 4.99 Å². The molecule has 1 heterocycles. The zero-order valence-electron chi connectivity index (χ0n) is 15.6. The largest absolute Gasteiger partial charge is 0.377 e. The van der Waals surface area contributed by atoms with Crippen LogP contribution in [0.25, 0.3) is 0 Å². The molecule has 2 N–H and O–H groups in total. The molecule has 4 rings (SSSR count). The summed E-state index contributed by atoms with van der Waals surface area (Å²) in [6.07, 6.45) is 3.27. The van der Waals surface area contributed by atoms with Crippen molar-refractivity contribution in [2.45, 2.75) is 57.2 Å². The van der Waals surface area contributed by atoms with Crippen LogP contribution in [-0.4, -0.2) is 37.8 Å². The first-order chi connectivity index (χ1) is 12.4. The van der Waals surface area contributed by atoms with Gasteiger partial charge >= 0.3 is 0 Å². The highest BCUT2D eigenvalue weighted by Gasteiger charge is 2.58. The SMILES string of the molecule is CN=C(NC1CC1c1c(F)cccc1F)NC1C2CCCOC2C1(C)C. The topological polar surface area (TPSA) is 45.7 Å². The van der Waals surface area contributed by atoms with Gasteiger partial charge in [-0.1, -0.05) is 19.9 Å². The van der Waals surface area contributed by atoms with Gasteiger partial charge in [-0.2, -0.15) is 0 Å². The van der Waals surface area contributed by atoms with Crippen molar-refractivity contribution in [3.63, 3.8) is 0 Å². The highest BCUT2D eigenvalue weighted by molar-refractivity contribution is 5.81. The standard InChI is InChI=1S/C20H27F2N3O/c1-20(2)17(11-6-5-9-26-18(11)20)25-19(23-3)24-15-10-12(15)16-13(21)7-4-8-14(16)22/h4,7-8,11-12,15,17-18H,5-6,9-10H2,1-3H3,(H2,23,24,25). The molecule has 5 atom stereocenters. The zero-order valence-corrected chi connectivity index (χ0v) is 15.6. The van der Waals surface area contributed by atoms with Crippen molar-refractivity contribution in [2.24, 2.45) is 16.3 Å². The van der Waals surface area contributed by atoms with Crippen LogP contribution in [0.5, 0.6) is 0 Å². The van der Waals surface area contributed by atoms with E-state index in [0.717, 1.165) is 19.4 Å². The maximum absolute atomic E-state index is 14.0. The van der Waals surface area contributed by atoms with Crippen LogP contribution in [0.4, 0.5) is 8.78 Å². The van der Waals surface area contributed by atoms with E-state index >= 15 is 0 Å². The lowest BCUT2D eigenvalue weighted by Gasteiger charge is -2.60. The molecule has 4 nitrogen and oxygen atoms in total. The summed E-state index contributed by atoms with van der Waals surface area (Å²) in [4.78, 5) is 4.33. The fourth-order valence-electron chi connectivity index (χ4n) is 4.85. The zero-order chi connectivity index (χ0) is 18.5. The van der Waals surface area contributed by atoms with Crippen LogP contribution < -0.4 is 10.6 Å². The molecule has 0 aromatic heterocycles. The Labute approximate surface area is 153 Å². The van der Waals surface area contributed by atoms with E-state index < -0.39 is 11.6 Å². The van der Waals surface area contributed by atoms with Gasteiger partial charge in [0, 0.05) is 48.6 Å². The lowest BCUT2D eigenvalue weighted by atomic mass is 9.55. The highest BCUT2D eigenvalue weighted by atomic mass is 19.1. The minimum atomic E-state index is -0.468. The molecule has 0 amide bonds. The first-order valence-electron chi connectivity index (χ1n) is 9.49. The van der Waals surface area contributed by atoms with Gasteiger partial charge in [0.15, 0.2) is 5.96 Å². The van der Waals surface area contributed by atoms with Crippen molar-refractivity contribution in [3.05, 3.63) is 35.4 Å². The Hall–Kier alpha value is -1.69. The van der Waals surface area contributed by atoms with Gasteiger partial charge in [0.25, 0.3) is 0 Å². The van der Waals surface area contributed by atoms with Crippen LogP contribution in [0.1, 0.15) is 44.6 Å². The second-order valence-corrected chi connectivity index (χ2v) is 8.34. The molecule has 1 aromatic rings. The molecule has 3 fully saturated rings. The third-order valence-corrected chi connectivity index (χ3v) is 6.33. The summed E-state index contributed by atoms with van der Waals surface area (Å²) in [5.41, 5.74) is 0.230. The van der Waals surface area contributed by atoms with E-state index in [1.165, 1.54) is 18.2 Å². The van der Waals surface area contributed by atoms with E-state index in [4.69, 9.17) is 4.74 Å². The van der Waals surface area contributed by atoms with Crippen LogP contribution in [0.2, 0.25) is 0 Å². The van der Waals surface area contributed by atoms with E-state index in [1.54, 1.807) is 7.05 Å². The summed E-state index contributed by atoms with van der Waals surface area (Å²) in [5, 5.41) is 6.88. The van der Waals surface area contributed by atoms with Crippen LogP contribution in [0.15, 0.2) is 23.2 Å². The summed E-state index contributed by atoms with van der Waals surface area (Å²) < 4.78 is 33.9. The molecule has 3 aliphatic rings. The number of rotatable bonds is 3. The van der Waals surface area contributed by atoms with Gasteiger partial charge in [0.2, 0.25) is 0 Å². The number of nitrogens with zero attached hydrogens (tertiary/aromatic N) is 1. The molecule has 2 aliphatic carbocycles. The van der Waals surface area contributed by atoms with Gasteiger partial charge in [-0.05, 0) is 31.4 Å². The average Bonchev–Trinajstić information content (AvgIpc) is 3.37. The molecule has 26 heavy (non-hydrogen) atoms. The van der Waals surface area contributed by atoms with Crippen molar-refractivity contribution in [1.29, 1.82) is 0 Å². The number of aliphatic imine (C=N–C) groups is 1. The molecule has 0 spiro atoms. The van der Waals surface area contributed by atoms with E-state index in [-0.39, 0.29) is 22.9 Å². The number of nitrogens with one attached hydrogen (secondary N) is 2. The number of ether oxygens (including phenoxy) is 1. The van der Waals surface area contributed by atoms with Crippen LogP contribution in [0.3, 0.4) is 0 Å². The van der Waals surface area contributed by atoms with Crippen molar-refractivity contribution >= 4 is 5.96 Å². The van der Waals surface area contributed by atoms with E-state index in [9.17, 15) is 8.78 Å². The first kappa shape index (κ1) is 17.7. The first-order valence-corrected chi connectivity index (χ1v) is 9.49. The number of halogens is 2. The van der Waals surface area contributed by atoms with Gasteiger partial charge in [0.1, 0.15) is 11.6 Å². The Morgan fingerprint density at radius 2 is 1.96 bits per heavy atom. The molecule has 142 valence electrons. The Balaban J connectivity index is 1.39. The second kappa shape index (κ2) is 6.48. The van der Waals surface area contributed by atoms with E-state index in [1.807, 2.05) is 0 Å². The van der Waals surface area contributed by atoms with Crippen LogP contribution in [-0.2, 0) is 4.74 Å². The van der Waals surface area contributed by atoms with Gasteiger partial charge in [0.05, 0.1) is 6.10 Å². The molecule has 1 aliphatic heterocycles. The minimum Gasteiger partial charge on any atom is -0.377 e. The summed E-state index contributed by atoms with van der Waals surface area (Å²) in [7, 11) is 1.73. The van der Waals surface area contributed by atoms with E-state index in [2.05, 4.69) is 29.5 Å². The molecule has 1 aromatic carbocycles. The monoisotopic (exact) mass is 363 g/mol.